The van der Waals surface area contributed by atoms with Crippen LogP contribution in [-0.4, -0.2) is 35.1 Å². The van der Waals surface area contributed by atoms with E-state index in [0.29, 0.717) is 35.3 Å². The molecule has 7 heteroatoms. The summed E-state index contributed by atoms with van der Waals surface area (Å²) in [7, 11) is 0. The molecule has 2 amide bonds. The van der Waals surface area contributed by atoms with E-state index in [1.165, 1.54) is 11.8 Å². The second-order valence-corrected chi connectivity index (χ2v) is 10.1. The number of thioether (sulfide) groups is 1. The van der Waals surface area contributed by atoms with Crippen molar-refractivity contribution in [2.24, 2.45) is 0 Å². The first-order valence-corrected chi connectivity index (χ1v) is 13.5. The summed E-state index contributed by atoms with van der Waals surface area (Å²) in [5, 5.41) is 4.09. The molecule has 184 valence electrons. The summed E-state index contributed by atoms with van der Waals surface area (Å²) in [4.78, 5) is 28.5. The Hall–Kier alpha value is -2.47. The standard InChI is InChI=1S/C28H30Cl2N2O2S/c1-3-31-28(34)26(15-21-10-5-4-6-11-21)32(17-22-12-8-7-9-20(22)2)27(33)19-35-18-23-13-14-24(29)16-25(23)30/h4-14,16,26H,3,15,17-19H2,1-2H3,(H,31,34). The van der Waals surface area contributed by atoms with Gasteiger partial charge in [-0.2, -0.15) is 0 Å². The van der Waals surface area contributed by atoms with Crippen molar-refractivity contribution in [3.63, 3.8) is 0 Å². The van der Waals surface area contributed by atoms with Gasteiger partial charge in [-0.1, -0.05) is 83.9 Å². The molecule has 0 aliphatic carbocycles. The van der Waals surface area contributed by atoms with Crippen molar-refractivity contribution < 1.29 is 9.59 Å². The lowest BCUT2D eigenvalue weighted by Gasteiger charge is -2.32. The highest BCUT2D eigenvalue weighted by Crippen LogP contribution is 2.25. The summed E-state index contributed by atoms with van der Waals surface area (Å²) < 4.78 is 0. The first kappa shape index (κ1) is 27.1. The Labute approximate surface area is 222 Å². The molecule has 0 aliphatic rings. The Kier molecular flexibility index (Phi) is 10.5. The number of hydrogen-bond donors (Lipinski definition) is 1. The number of rotatable bonds is 11. The van der Waals surface area contributed by atoms with Crippen LogP contribution in [0.4, 0.5) is 0 Å². The van der Waals surface area contributed by atoms with E-state index in [1.54, 1.807) is 17.0 Å². The molecule has 0 aliphatic heterocycles. The van der Waals surface area contributed by atoms with Crippen LogP contribution in [0, 0.1) is 6.92 Å². The van der Waals surface area contributed by atoms with E-state index in [2.05, 4.69) is 5.32 Å². The van der Waals surface area contributed by atoms with Gasteiger partial charge >= 0.3 is 0 Å². The Bertz CT molecular complexity index is 1140. The summed E-state index contributed by atoms with van der Waals surface area (Å²) in [5.41, 5.74) is 4.03. The molecule has 0 aromatic heterocycles. The fourth-order valence-electron chi connectivity index (χ4n) is 3.79. The third kappa shape index (κ3) is 8.03. The molecule has 0 radical (unpaired) electrons. The predicted molar refractivity (Wildman–Crippen MR) is 147 cm³/mol. The van der Waals surface area contributed by atoms with Crippen molar-refractivity contribution in [3.05, 3.63) is 105 Å². The minimum atomic E-state index is -0.621. The molecule has 1 N–H and O–H groups in total. The maximum absolute atomic E-state index is 13.6. The zero-order valence-corrected chi connectivity index (χ0v) is 22.3. The molecule has 0 bridgehead atoms. The molecular weight excluding hydrogens is 499 g/mol. The minimum Gasteiger partial charge on any atom is -0.355 e. The highest BCUT2D eigenvalue weighted by Gasteiger charge is 2.30. The van der Waals surface area contributed by atoms with Crippen molar-refractivity contribution in [2.75, 3.05) is 12.3 Å². The zero-order chi connectivity index (χ0) is 25.2. The number of hydrogen-bond acceptors (Lipinski definition) is 3. The second kappa shape index (κ2) is 13.6. The van der Waals surface area contributed by atoms with Gasteiger partial charge in [0, 0.05) is 35.3 Å². The van der Waals surface area contributed by atoms with Gasteiger partial charge < -0.3 is 10.2 Å². The minimum absolute atomic E-state index is 0.0875. The quantitative estimate of drug-likeness (QED) is 0.317. The molecule has 0 saturated heterocycles. The summed E-state index contributed by atoms with van der Waals surface area (Å²) in [6.45, 7) is 4.77. The fraction of sp³-hybridized carbons (Fsp3) is 0.286. The van der Waals surface area contributed by atoms with Crippen LogP contribution in [0.15, 0.2) is 72.8 Å². The lowest BCUT2D eigenvalue weighted by molar-refractivity contribution is -0.139. The number of halogens is 2. The van der Waals surface area contributed by atoms with Crippen LogP contribution in [0.25, 0.3) is 0 Å². The second-order valence-electron chi connectivity index (χ2n) is 8.28. The SMILES string of the molecule is CCNC(=O)C(Cc1ccccc1)N(Cc1ccccc1C)C(=O)CSCc1ccc(Cl)cc1Cl. The third-order valence-corrected chi connectivity index (χ3v) is 7.28. The van der Waals surface area contributed by atoms with Crippen LogP contribution in [0.1, 0.15) is 29.2 Å². The Balaban J connectivity index is 1.84. The van der Waals surface area contributed by atoms with E-state index in [9.17, 15) is 9.59 Å². The normalized spacial score (nSPS) is 11.7. The van der Waals surface area contributed by atoms with Gasteiger partial charge in [0.25, 0.3) is 0 Å². The topological polar surface area (TPSA) is 49.4 Å². The Morgan fingerprint density at radius 3 is 2.37 bits per heavy atom. The molecule has 3 rings (SSSR count). The van der Waals surface area contributed by atoms with Crippen LogP contribution in [-0.2, 0) is 28.3 Å². The van der Waals surface area contributed by atoms with Crippen LogP contribution in [0.3, 0.4) is 0 Å². The molecule has 3 aromatic rings. The Morgan fingerprint density at radius 2 is 1.69 bits per heavy atom. The lowest BCUT2D eigenvalue weighted by atomic mass is 10.0. The summed E-state index contributed by atoms with van der Waals surface area (Å²) in [6, 6.07) is 22.5. The van der Waals surface area contributed by atoms with E-state index in [0.717, 1.165) is 22.3 Å². The van der Waals surface area contributed by atoms with Gasteiger partial charge in [0.2, 0.25) is 11.8 Å². The highest BCUT2D eigenvalue weighted by molar-refractivity contribution is 7.99. The summed E-state index contributed by atoms with van der Waals surface area (Å²) in [6.07, 6.45) is 0.442. The monoisotopic (exact) mass is 528 g/mol. The maximum atomic E-state index is 13.6. The third-order valence-electron chi connectivity index (χ3n) is 5.72. The number of amides is 2. The van der Waals surface area contributed by atoms with Gasteiger partial charge in [-0.25, -0.2) is 0 Å². The van der Waals surface area contributed by atoms with Gasteiger partial charge in [0.05, 0.1) is 5.75 Å². The van der Waals surface area contributed by atoms with Crippen LogP contribution < -0.4 is 5.32 Å². The molecule has 0 fully saturated rings. The summed E-state index contributed by atoms with van der Waals surface area (Å²) >= 11 is 13.8. The number of carbonyl (C=O) groups is 2. The largest absolute Gasteiger partial charge is 0.355 e. The maximum Gasteiger partial charge on any atom is 0.243 e. The Morgan fingerprint density at radius 1 is 0.971 bits per heavy atom. The average Bonchev–Trinajstić information content (AvgIpc) is 2.84. The molecule has 0 spiro atoms. The van der Waals surface area contributed by atoms with Gasteiger partial charge in [-0.3, -0.25) is 9.59 Å². The van der Waals surface area contributed by atoms with Gasteiger partial charge in [-0.05, 0) is 48.2 Å². The average molecular weight is 530 g/mol. The molecule has 1 atom stereocenters. The lowest BCUT2D eigenvalue weighted by Crippen LogP contribution is -2.51. The number of likely N-dealkylation sites (N-methyl/N-ethyl adjacent to an activating group) is 1. The number of benzene rings is 3. The van der Waals surface area contributed by atoms with E-state index in [-0.39, 0.29) is 17.6 Å². The van der Waals surface area contributed by atoms with Crippen molar-refractivity contribution in [1.29, 1.82) is 0 Å². The van der Waals surface area contributed by atoms with Gasteiger partial charge in [0.15, 0.2) is 0 Å². The van der Waals surface area contributed by atoms with Crippen LogP contribution in [0.2, 0.25) is 10.0 Å². The van der Waals surface area contributed by atoms with Crippen molar-refractivity contribution in [1.82, 2.24) is 10.2 Å². The number of nitrogens with one attached hydrogen (secondary N) is 1. The van der Waals surface area contributed by atoms with Crippen molar-refractivity contribution >= 4 is 46.8 Å². The fourth-order valence-corrected chi connectivity index (χ4v) is 5.26. The zero-order valence-electron chi connectivity index (χ0n) is 20.0. The molecule has 35 heavy (non-hydrogen) atoms. The molecule has 1 unspecified atom stereocenters. The molecule has 4 nitrogen and oxygen atoms in total. The van der Waals surface area contributed by atoms with E-state index in [4.69, 9.17) is 23.2 Å². The number of nitrogens with zero attached hydrogens (tertiary/aromatic N) is 1. The summed E-state index contributed by atoms with van der Waals surface area (Å²) in [5.74, 6) is 0.569. The highest BCUT2D eigenvalue weighted by atomic mass is 35.5. The van der Waals surface area contributed by atoms with E-state index < -0.39 is 6.04 Å². The number of carbonyl (C=O) groups excluding carboxylic acids is 2. The first-order valence-electron chi connectivity index (χ1n) is 11.6. The van der Waals surface area contributed by atoms with E-state index >= 15 is 0 Å². The van der Waals surface area contributed by atoms with Crippen LogP contribution in [0.5, 0.6) is 0 Å². The molecule has 0 heterocycles. The van der Waals surface area contributed by atoms with E-state index in [1.807, 2.05) is 74.5 Å². The molecule has 0 saturated carbocycles. The van der Waals surface area contributed by atoms with Crippen molar-refractivity contribution in [2.45, 2.75) is 38.6 Å². The van der Waals surface area contributed by atoms with Crippen LogP contribution >= 0.6 is 35.0 Å². The first-order chi connectivity index (χ1) is 16.9. The predicted octanol–water partition coefficient (Wildman–Crippen LogP) is 6.31. The number of aryl methyl sites for hydroxylation is 1. The van der Waals surface area contributed by atoms with Crippen molar-refractivity contribution in [3.8, 4) is 0 Å². The molecule has 3 aromatic carbocycles. The molecular formula is C28H30Cl2N2O2S. The van der Waals surface area contributed by atoms with Gasteiger partial charge in [0.1, 0.15) is 6.04 Å². The van der Waals surface area contributed by atoms with Gasteiger partial charge in [-0.15, -0.1) is 11.8 Å². The smallest absolute Gasteiger partial charge is 0.243 e.